The summed E-state index contributed by atoms with van der Waals surface area (Å²) in [7, 11) is 0. The van der Waals surface area contributed by atoms with E-state index >= 15 is 0 Å². The van der Waals surface area contributed by atoms with E-state index in [0.29, 0.717) is 0 Å². The Morgan fingerprint density at radius 3 is 2.38 bits per heavy atom. The minimum atomic E-state index is -1.55. The zero-order valence-corrected chi connectivity index (χ0v) is 16.7. The van der Waals surface area contributed by atoms with Crippen LogP contribution in [0.5, 0.6) is 0 Å². The van der Waals surface area contributed by atoms with Gasteiger partial charge in [-0.15, -0.1) is 0 Å². The molecular formula is C19H29N2O2Ti. The molecule has 3 unspecified atom stereocenters. The van der Waals surface area contributed by atoms with Crippen molar-refractivity contribution in [3.8, 4) is 0 Å². The molecule has 0 spiro atoms. The summed E-state index contributed by atoms with van der Waals surface area (Å²) < 4.78 is -0.167. The molecule has 1 saturated carbocycles. The molecule has 1 aromatic rings. The van der Waals surface area contributed by atoms with Crippen molar-refractivity contribution in [1.29, 1.82) is 0 Å². The van der Waals surface area contributed by atoms with Crippen molar-refractivity contribution in [3.63, 3.8) is 0 Å². The quantitative estimate of drug-likeness (QED) is 0.577. The summed E-state index contributed by atoms with van der Waals surface area (Å²) in [6.07, 6.45) is 4.49. The molecular weight excluding hydrogens is 336 g/mol. The molecule has 0 saturated heterocycles. The third-order valence-electron chi connectivity index (χ3n) is 5.44. The Labute approximate surface area is 151 Å². The van der Waals surface area contributed by atoms with Gasteiger partial charge >= 0.3 is 152 Å². The van der Waals surface area contributed by atoms with Crippen molar-refractivity contribution in [2.75, 3.05) is 0 Å². The van der Waals surface area contributed by atoms with Gasteiger partial charge in [-0.2, -0.15) is 0 Å². The molecule has 24 heavy (non-hydrogen) atoms. The molecule has 0 bridgehead atoms. The Hall–Kier alpha value is -1.13. The minimum absolute atomic E-state index is 0.0845. The van der Waals surface area contributed by atoms with Gasteiger partial charge < -0.3 is 0 Å². The van der Waals surface area contributed by atoms with Crippen LogP contribution >= 0.6 is 0 Å². The molecule has 2 rings (SSSR count). The van der Waals surface area contributed by atoms with Crippen LogP contribution in [-0.2, 0) is 33.9 Å². The zero-order chi connectivity index (χ0) is 17.8. The van der Waals surface area contributed by atoms with Gasteiger partial charge in [0.25, 0.3) is 0 Å². The molecule has 1 aliphatic carbocycles. The van der Waals surface area contributed by atoms with E-state index in [2.05, 4.69) is 47.1 Å². The summed E-state index contributed by atoms with van der Waals surface area (Å²) >= 11 is -1.55. The third-order valence-corrected chi connectivity index (χ3v) is 9.30. The molecule has 0 aliphatic heterocycles. The summed E-state index contributed by atoms with van der Waals surface area (Å²) in [5.41, 5.74) is 1.35. The number of hydrogen-bond acceptors (Lipinski definition) is 2. The Morgan fingerprint density at radius 1 is 1.17 bits per heavy atom. The van der Waals surface area contributed by atoms with Crippen LogP contribution in [0.2, 0.25) is 10.5 Å². The molecule has 0 radical (unpaired) electrons. The second-order valence-electron chi connectivity index (χ2n) is 7.97. The number of benzene rings is 1. The van der Waals surface area contributed by atoms with Crippen LogP contribution < -0.4 is 10.6 Å². The normalized spacial score (nSPS) is 28.7. The first-order valence-electron chi connectivity index (χ1n) is 8.60. The van der Waals surface area contributed by atoms with Gasteiger partial charge in [0.05, 0.1) is 0 Å². The van der Waals surface area contributed by atoms with E-state index in [-0.39, 0.29) is 21.2 Å². The van der Waals surface area contributed by atoms with Crippen LogP contribution in [0.25, 0.3) is 0 Å². The Morgan fingerprint density at radius 2 is 1.83 bits per heavy atom. The van der Waals surface area contributed by atoms with Gasteiger partial charge in [0.2, 0.25) is 0 Å². The number of nitrogens with one attached hydrogen (secondary N) is 2. The molecule has 0 heterocycles. The maximum atomic E-state index is 11.5. The van der Waals surface area contributed by atoms with Crippen molar-refractivity contribution in [2.24, 2.45) is 11.3 Å². The van der Waals surface area contributed by atoms with Crippen molar-refractivity contribution in [2.45, 2.75) is 53.5 Å². The zero-order valence-electron chi connectivity index (χ0n) is 15.1. The van der Waals surface area contributed by atoms with E-state index in [1.165, 1.54) is 5.56 Å². The van der Waals surface area contributed by atoms with Gasteiger partial charge in [0.15, 0.2) is 0 Å². The SMILES string of the molecule is [CH3][Ti]([CH3])[C]1(NC=O)CC(C)(C)CC(NC=O)C1Cc1ccccc1. The Kier molecular flexibility index (Phi) is 6.27. The van der Waals surface area contributed by atoms with E-state index in [1.54, 1.807) is 0 Å². The molecule has 1 aromatic carbocycles. The number of amides is 2. The first-order chi connectivity index (χ1) is 11.3. The summed E-state index contributed by atoms with van der Waals surface area (Å²) in [6, 6.07) is 10.5. The fourth-order valence-corrected chi connectivity index (χ4v) is 7.91. The number of rotatable bonds is 7. The van der Waals surface area contributed by atoms with Crippen LogP contribution in [0.3, 0.4) is 0 Å². The molecule has 1 fully saturated rings. The Bertz CT molecular complexity index is 562. The monoisotopic (exact) mass is 365 g/mol. The number of carbonyl (C=O) groups excluding carboxylic acids is 2. The van der Waals surface area contributed by atoms with E-state index in [0.717, 1.165) is 32.1 Å². The van der Waals surface area contributed by atoms with Gasteiger partial charge in [0.1, 0.15) is 0 Å². The average Bonchev–Trinajstić information content (AvgIpc) is 2.51. The summed E-state index contributed by atoms with van der Waals surface area (Å²) in [6.45, 7) is 4.49. The number of hydrogen-bond donors (Lipinski definition) is 2. The molecule has 131 valence electrons. The van der Waals surface area contributed by atoms with Crippen LogP contribution in [0, 0.1) is 11.3 Å². The summed E-state index contributed by atoms with van der Waals surface area (Å²) in [5.74, 6) is 0.230. The summed E-state index contributed by atoms with van der Waals surface area (Å²) in [5, 5.41) is 11.0. The average molecular weight is 365 g/mol. The fourth-order valence-electron chi connectivity index (χ4n) is 4.44. The van der Waals surface area contributed by atoms with Gasteiger partial charge in [-0.3, -0.25) is 0 Å². The van der Waals surface area contributed by atoms with Crippen molar-refractivity contribution >= 4 is 12.8 Å². The molecule has 5 heteroatoms. The molecule has 0 aromatic heterocycles. The number of carbonyl (C=O) groups is 2. The maximum absolute atomic E-state index is 11.5. The van der Waals surface area contributed by atoms with E-state index in [9.17, 15) is 9.59 Å². The van der Waals surface area contributed by atoms with Gasteiger partial charge in [-0.05, 0) is 0 Å². The molecule has 1 aliphatic rings. The van der Waals surface area contributed by atoms with Gasteiger partial charge in [0, 0.05) is 0 Å². The van der Waals surface area contributed by atoms with E-state index < -0.39 is 17.9 Å². The Balaban J connectivity index is 2.46. The van der Waals surface area contributed by atoms with Crippen molar-refractivity contribution < 1.29 is 27.5 Å². The van der Waals surface area contributed by atoms with E-state index in [1.807, 2.05) is 18.2 Å². The van der Waals surface area contributed by atoms with Crippen LogP contribution in [0.15, 0.2) is 30.3 Å². The van der Waals surface area contributed by atoms with Gasteiger partial charge in [-0.25, -0.2) is 0 Å². The molecule has 3 atom stereocenters. The van der Waals surface area contributed by atoms with Crippen LogP contribution in [0.1, 0.15) is 32.3 Å². The molecule has 2 N–H and O–H groups in total. The van der Waals surface area contributed by atoms with Crippen LogP contribution in [-0.4, -0.2) is 22.7 Å². The molecule has 2 amide bonds. The predicted octanol–water partition coefficient (Wildman–Crippen LogP) is 2.94. The van der Waals surface area contributed by atoms with Crippen LogP contribution in [0.4, 0.5) is 0 Å². The van der Waals surface area contributed by atoms with Crippen molar-refractivity contribution in [3.05, 3.63) is 35.9 Å². The summed E-state index contributed by atoms with van der Waals surface area (Å²) in [4.78, 5) is 22.7. The predicted molar refractivity (Wildman–Crippen MR) is 93.3 cm³/mol. The third kappa shape index (κ3) is 4.09. The van der Waals surface area contributed by atoms with Crippen molar-refractivity contribution in [1.82, 2.24) is 10.6 Å². The topological polar surface area (TPSA) is 58.2 Å². The van der Waals surface area contributed by atoms with E-state index in [4.69, 9.17) is 0 Å². The first-order valence-corrected chi connectivity index (χ1v) is 12.5. The van der Waals surface area contributed by atoms with Gasteiger partial charge in [-0.1, -0.05) is 0 Å². The fraction of sp³-hybridized carbons (Fsp3) is 0.579. The molecule has 4 nitrogen and oxygen atoms in total. The second kappa shape index (κ2) is 7.84. The standard InChI is InChI=1S/C17H23N2O2.2CH3.Ti/c1-17(2)9-15(18-11-20)14(16(10-17)19-12-21)8-13-6-4-3-5-7-13;;;/h3-7,11-12,14-15H,8-10H2,1-2H3,(H,18,20)(H,19,21);2*1H3;. The first kappa shape index (κ1) is 19.2. The second-order valence-corrected chi connectivity index (χ2v) is 12.5.